The van der Waals surface area contributed by atoms with Gasteiger partial charge in [0.15, 0.2) is 10.8 Å². The van der Waals surface area contributed by atoms with E-state index >= 15 is 0 Å². The quantitative estimate of drug-likeness (QED) is 0.755. The topological polar surface area (TPSA) is 85.0 Å². The molecule has 0 spiro atoms. The van der Waals surface area contributed by atoms with Gasteiger partial charge < -0.3 is 16.4 Å². The molecule has 0 aliphatic rings. The Morgan fingerprint density at radius 2 is 2.00 bits per heavy atom. The summed E-state index contributed by atoms with van der Waals surface area (Å²) in [5, 5.41) is 10.6. The van der Waals surface area contributed by atoms with Crippen molar-refractivity contribution in [2.45, 2.75) is 0 Å². The lowest BCUT2D eigenvalue weighted by Crippen LogP contribution is -2.22. The molecule has 104 valence electrons. The molecule has 2 rings (SSSR count). The summed E-state index contributed by atoms with van der Waals surface area (Å²) in [5.41, 5.74) is 6.46. The van der Waals surface area contributed by atoms with Crippen LogP contribution in [0.5, 0.6) is 0 Å². The highest BCUT2D eigenvalue weighted by Crippen LogP contribution is 2.21. The molecule has 1 aromatic carbocycles. The normalized spacial score (nSPS) is 10.1. The summed E-state index contributed by atoms with van der Waals surface area (Å²) in [6.07, 6.45) is 1.61. The molecule has 0 aliphatic heterocycles. The molecule has 0 bridgehead atoms. The van der Waals surface area contributed by atoms with E-state index in [0.29, 0.717) is 16.4 Å². The van der Waals surface area contributed by atoms with Gasteiger partial charge in [-0.2, -0.15) is 5.10 Å². The first-order valence-electron chi connectivity index (χ1n) is 5.63. The molecular formula is C12H12ClN5OS. The van der Waals surface area contributed by atoms with Crippen LogP contribution in [-0.2, 0) is 7.05 Å². The van der Waals surface area contributed by atoms with Crippen molar-refractivity contribution in [3.8, 4) is 0 Å². The summed E-state index contributed by atoms with van der Waals surface area (Å²) >= 11 is 11.2. The van der Waals surface area contributed by atoms with Crippen LogP contribution >= 0.6 is 23.8 Å². The Morgan fingerprint density at radius 1 is 1.35 bits per heavy atom. The molecule has 0 saturated heterocycles. The molecule has 6 nitrogen and oxygen atoms in total. The summed E-state index contributed by atoms with van der Waals surface area (Å²) in [4.78, 5) is 11.3. The molecule has 0 unspecified atom stereocenters. The fraction of sp³-hybridized carbons (Fsp3) is 0.0833. The van der Waals surface area contributed by atoms with Gasteiger partial charge in [0.1, 0.15) is 0 Å². The van der Waals surface area contributed by atoms with Gasteiger partial charge in [-0.15, -0.1) is 0 Å². The van der Waals surface area contributed by atoms with Gasteiger partial charge in [-0.3, -0.25) is 9.48 Å². The molecule has 0 aliphatic carbocycles. The molecule has 1 amide bonds. The molecule has 20 heavy (non-hydrogen) atoms. The highest BCUT2D eigenvalue weighted by Gasteiger charge is 2.14. The highest BCUT2D eigenvalue weighted by molar-refractivity contribution is 7.80. The number of aryl methyl sites for hydroxylation is 1. The van der Waals surface area contributed by atoms with Gasteiger partial charge in [0.25, 0.3) is 5.91 Å². The molecule has 8 heteroatoms. The first-order valence-corrected chi connectivity index (χ1v) is 6.42. The molecule has 0 fully saturated rings. The van der Waals surface area contributed by atoms with Gasteiger partial charge in [-0.1, -0.05) is 23.7 Å². The maximum Gasteiger partial charge on any atom is 0.271 e. The van der Waals surface area contributed by atoms with Crippen LogP contribution in [0.2, 0.25) is 5.02 Å². The van der Waals surface area contributed by atoms with E-state index in [2.05, 4.69) is 15.7 Å². The number of rotatable bonds is 3. The molecule has 4 N–H and O–H groups in total. The lowest BCUT2D eigenvalue weighted by atomic mass is 10.3. The SMILES string of the molecule is Cn1cc(NC(=S)Nc2ccccc2Cl)c(C(N)=O)n1. The minimum Gasteiger partial charge on any atom is -0.364 e. The molecule has 0 atom stereocenters. The fourth-order valence-corrected chi connectivity index (χ4v) is 2.00. The number of hydrogen-bond acceptors (Lipinski definition) is 3. The molecule has 2 aromatic rings. The number of nitrogens with two attached hydrogens (primary N) is 1. The monoisotopic (exact) mass is 309 g/mol. The van der Waals surface area contributed by atoms with Crippen molar-refractivity contribution in [2.24, 2.45) is 12.8 Å². The third kappa shape index (κ3) is 3.25. The lowest BCUT2D eigenvalue weighted by Gasteiger charge is -2.10. The van der Waals surface area contributed by atoms with Crippen LogP contribution in [0.3, 0.4) is 0 Å². The Morgan fingerprint density at radius 3 is 2.65 bits per heavy atom. The Kier molecular flexibility index (Phi) is 4.21. The number of nitrogens with one attached hydrogen (secondary N) is 2. The van der Waals surface area contributed by atoms with Gasteiger partial charge in [0.2, 0.25) is 0 Å². The van der Waals surface area contributed by atoms with E-state index in [-0.39, 0.29) is 10.8 Å². The summed E-state index contributed by atoms with van der Waals surface area (Å²) in [5.74, 6) is -0.631. The maximum absolute atomic E-state index is 11.3. The van der Waals surface area contributed by atoms with E-state index in [0.717, 1.165) is 0 Å². The summed E-state index contributed by atoms with van der Waals surface area (Å²) in [6, 6.07) is 7.17. The van der Waals surface area contributed by atoms with Gasteiger partial charge in [-0.05, 0) is 24.4 Å². The van der Waals surface area contributed by atoms with Crippen molar-refractivity contribution in [1.82, 2.24) is 9.78 Å². The second-order valence-electron chi connectivity index (χ2n) is 3.99. The van der Waals surface area contributed by atoms with Crippen LogP contribution < -0.4 is 16.4 Å². The van der Waals surface area contributed by atoms with Crippen molar-refractivity contribution < 1.29 is 4.79 Å². The summed E-state index contributed by atoms with van der Waals surface area (Å²) < 4.78 is 1.47. The average molecular weight is 310 g/mol. The summed E-state index contributed by atoms with van der Waals surface area (Å²) in [6.45, 7) is 0. The van der Waals surface area contributed by atoms with Crippen LogP contribution in [0.25, 0.3) is 0 Å². The number of para-hydroxylation sites is 1. The molecule has 0 radical (unpaired) electrons. The number of carbonyl (C=O) groups is 1. The van der Waals surface area contributed by atoms with Crippen LogP contribution in [0.4, 0.5) is 11.4 Å². The van der Waals surface area contributed by atoms with E-state index in [1.54, 1.807) is 25.4 Å². The highest BCUT2D eigenvalue weighted by atomic mass is 35.5. The van der Waals surface area contributed by atoms with E-state index in [4.69, 9.17) is 29.6 Å². The Bertz CT molecular complexity index is 670. The smallest absolute Gasteiger partial charge is 0.271 e. The number of primary amides is 1. The first-order chi connectivity index (χ1) is 9.47. The minimum absolute atomic E-state index is 0.121. The number of anilines is 2. The molecular weight excluding hydrogens is 298 g/mol. The number of thiocarbonyl (C=S) groups is 1. The van der Waals surface area contributed by atoms with Gasteiger partial charge >= 0.3 is 0 Å². The number of hydrogen-bond donors (Lipinski definition) is 3. The zero-order valence-corrected chi connectivity index (χ0v) is 12.1. The van der Waals surface area contributed by atoms with E-state index in [1.807, 2.05) is 12.1 Å². The number of nitrogens with zero attached hydrogens (tertiary/aromatic N) is 2. The van der Waals surface area contributed by atoms with E-state index < -0.39 is 5.91 Å². The summed E-state index contributed by atoms with van der Waals surface area (Å²) in [7, 11) is 1.68. The number of carbonyl (C=O) groups excluding carboxylic acids is 1. The third-order valence-electron chi connectivity index (χ3n) is 2.43. The second kappa shape index (κ2) is 5.89. The fourth-order valence-electron chi connectivity index (χ4n) is 1.60. The molecule has 1 aromatic heterocycles. The molecule has 1 heterocycles. The first kappa shape index (κ1) is 14.3. The predicted octanol–water partition coefficient (Wildman–Crippen LogP) is 1.98. The third-order valence-corrected chi connectivity index (χ3v) is 2.97. The Labute approximate surface area is 125 Å². The zero-order valence-electron chi connectivity index (χ0n) is 10.6. The predicted molar refractivity (Wildman–Crippen MR) is 83.0 cm³/mol. The number of aromatic nitrogens is 2. The lowest BCUT2D eigenvalue weighted by molar-refractivity contribution is 0.0995. The number of amides is 1. The molecule has 0 saturated carbocycles. The van der Waals surface area contributed by atoms with E-state index in [9.17, 15) is 4.79 Å². The van der Waals surface area contributed by atoms with Crippen molar-refractivity contribution >= 4 is 46.2 Å². The second-order valence-corrected chi connectivity index (χ2v) is 4.80. The van der Waals surface area contributed by atoms with Gasteiger partial charge in [0.05, 0.1) is 16.4 Å². The van der Waals surface area contributed by atoms with Crippen molar-refractivity contribution in [3.05, 3.63) is 41.2 Å². The zero-order chi connectivity index (χ0) is 14.7. The van der Waals surface area contributed by atoms with Crippen LogP contribution in [0.1, 0.15) is 10.5 Å². The average Bonchev–Trinajstić information content (AvgIpc) is 2.73. The van der Waals surface area contributed by atoms with Gasteiger partial charge in [0, 0.05) is 13.2 Å². The Hall–Kier alpha value is -2.12. The standard InChI is InChI=1S/C12H12ClN5OS/c1-18-6-9(10(17-18)11(14)19)16-12(20)15-8-5-3-2-4-7(8)13/h2-6H,1H3,(H2,14,19)(H2,15,16,20). The number of halogens is 1. The minimum atomic E-state index is -0.631. The van der Waals surface area contributed by atoms with Crippen LogP contribution in [0, 0.1) is 0 Å². The van der Waals surface area contributed by atoms with Crippen molar-refractivity contribution in [3.63, 3.8) is 0 Å². The van der Waals surface area contributed by atoms with E-state index in [1.165, 1.54) is 4.68 Å². The van der Waals surface area contributed by atoms with Crippen LogP contribution in [0.15, 0.2) is 30.5 Å². The largest absolute Gasteiger partial charge is 0.364 e. The van der Waals surface area contributed by atoms with Crippen molar-refractivity contribution in [2.75, 3.05) is 10.6 Å². The maximum atomic E-state index is 11.3. The van der Waals surface area contributed by atoms with Crippen molar-refractivity contribution in [1.29, 1.82) is 0 Å². The number of benzene rings is 1. The Balaban J connectivity index is 2.13. The van der Waals surface area contributed by atoms with Crippen LogP contribution in [-0.4, -0.2) is 20.8 Å². The van der Waals surface area contributed by atoms with Gasteiger partial charge in [-0.25, -0.2) is 0 Å².